The van der Waals surface area contributed by atoms with Crippen LogP contribution in [0, 0.1) is 45.3 Å². The van der Waals surface area contributed by atoms with Crippen molar-refractivity contribution < 1.29 is 59.8 Å². The van der Waals surface area contributed by atoms with E-state index in [9.17, 15) is 40.9 Å². The van der Waals surface area contributed by atoms with Gasteiger partial charge in [0.25, 0.3) is 0 Å². The number of aliphatic hydroxyl groups is 8. The predicted molar refractivity (Wildman–Crippen MR) is 199 cm³/mol. The molecule has 6 fully saturated rings. The van der Waals surface area contributed by atoms with Crippen molar-refractivity contribution in [3.63, 3.8) is 0 Å². The van der Waals surface area contributed by atoms with E-state index in [0.29, 0.717) is 18.3 Å². The molecule has 54 heavy (non-hydrogen) atoms. The van der Waals surface area contributed by atoms with E-state index >= 15 is 0 Å². The summed E-state index contributed by atoms with van der Waals surface area (Å²) < 4.78 is 24.4. The number of hydrogen-bond donors (Lipinski definition) is 8. The van der Waals surface area contributed by atoms with E-state index in [1.54, 1.807) is 0 Å². The van der Waals surface area contributed by atoms with E-state index in [1.165, 1.54) is 11.1 Å². The average Bonchev–Trinajstić information content (AvgIpc) is 3.49. The predicted octanol–water partition coefficient (Wildman–Crippen LogP) is 2.95. The van der Waals surface area contributed by atoms with Gasteiger partial charge in [-0.15, -0.1) is 0 Å². The van der Waals surface area contributed by atoms with Crippen LogP contribution in [0.4, 0.5) is 0 Å². The molecule has 310 valence electrons. The molecule has 4 saturated carbocycles. The minimum atomic E-state index is -1.74. The standard InChI is InChI=1S/C42H70O12/c1-21(2)10-9-11-22(3)23-12-16-42(8)30(23)24(45)18-28-40(6)15-14-29(39(4,5)27(40)13-17-41(28,42)7)53-38-36(34(49)32(47)26(20-44)52-38)54-37-35(50)33(48)31(46)25(19-43)51-37/h10,23-38,43-50H,3,9,11-20H2,1-2,4-8H3/t23-,24-,25-,26-,27+,28-,29+,30?,31-,32-,33+,34+,35-,36-,37+,38+,40+,41-,42?/m1/s1. The lowest BCUT2D eigenvalue weighted by molar-refractivity contribution is -0.378. The first kappa shape index (κ1) is 42.6. The summed E-state index contributed by atoms with van der Waals surface area (Å²) in [4.78, 5) is 0. The summed E-state index contributed by atoms with van der Waals surface area (Å²) in [5.41, 5.74) is 2.12. The fourth-order valence-corrected chi connectivity index (χ4v) is 13.0. The molecule has 0 aromatic heterocycles. The van der Waals surface area contributed by atoms with Gasteiger partial charge in [-0.3, -0.25) is 0 Å². The van der Waals surface area contributed by atoms with Gasteiger partial charge in [-0.1, -0.05) is 58.4 Å². The number of aliphatic hydroxyl groups excluding tert-OH is 8. The van der Waals surface area contributed by atoms with E-state index in [2.05, 4.69) is 61.1 Å². The summed E-state index contributed by atoms with van der Waals surface area (Å²) in [6.45, 7) is 19.4. The molecule has 2 aliphatic heterocycles. The molecule has 4 aliphatic carbocycles. The summed E-state index contributed by atoms with van der Waals surface area (Å²) in [7, 11) is 0. The number of allylic oxidation sites excluding steroid dienone is 3. The van der Waals surface area contributed by atoms with Gasteiger partial charge in [0.2, 0.25) is 0 Å². The molecule has 0 aromatic rings. The maximum absolute atomic E-state index is 12.1. The van der Waals surface area contributed by atoms with E-state index in [-0.39, 0.29) is 34.2 Å². The molecular formula is C42H70O12. The molecule has 2 heterocycles. The van der Waals surface area contributed by atoms with Crippen LogP contribution in [0.15, 0.2) is 23.8 Å². The number of rotatable bonds is 10. The molecule has 12 heteroatoms. The first-order valence-corrected chi connectivity index (χ1v) is 20.5. The van der Waals surface area contributed by atoms with Crippen molar-refractivity contribution in [1.29, 1.82) is 0 Å². The SMILES string of the molecule is C=C(CCC=C(C)C)[C@H]1CCC2(C)C1[C@H](O)C[C@@H]1[C@@]3(C)CC[C@H](O[C@@H]4O[C@H](CO)[C@@H](O)[C@H](O)[C@H]4O[C@@H]4O[C@H](CO)[C@@H](O)[C@H](O)[C@H]4O)C(C)(C)[C@@H]3CC[C@]12C. The molecule has 0 spiro atoms. The number of fused-ring (bicyclic) bond motifs is 5. The van der Waals surface area contributed by atoms with Crippen molar-refractivity contribution in [2.24, 2.45) is 45.3 Å². The molecular weight excluding hydrogens is 696 g/mol. The lowest BCUT2D eigenvalue weighted by Gasteiger charge is -2.70. The largest absolute Gasteiger partial charge is 0.394 e. The quantitative estimate of drug-likeness (QED) is 0.120. The van der Waals surface area contributed by atoms with Crippen molar-refractivity contribution in [3.8, 4) is 0 Å². The van der Waals surface area contributed by atoms with Crippen LogP contribution in [-0.4, -0.2) is 128 Å². The van der Waals surface area contributed by atoms with Crippen LogP contribution in [0.2, 0.25) is 0 Å². The van der Waals surface area contributed by atoms with Crippen molar-refractivity contribution in [3.05, 3.63) is 23.8 Å². The molecule has 2 unspecified atom stereocenters. The van der Waals surface area contributed by atoms with Crippen LogP contribution in [-0.2, 0) is 18.9 Å². The van der Waals surface area contributed by atoms with Crippen LogP contribution in [0.5, 0.6) is 0 Å². The second-order valence-electron chi connectivity index (χ2n) is 19.4. The molecule has 0 radical (unpaired) electrons. The maximum Gasteiger partial charge on any atom is 0.187 e. The average molecular weight is 767 g/mol. The Morgan fingerprint density at radius 2 is 1.33 bits per heavy atom. The fourth-order valence-electron chi connectivity index (χ4n) is 13.0. The second-order valence-corrected chi connectivity index (χ2v) is 19.4. The first-order valence-electron chi connectivity index (χ1n) is 20.5. The van der Waals surface area contributed by atoms with Gasteiger partial charge in [0.15, 0.2) is 12.6 Å². The molecule has 2 saturated heterocycles. The third-order valence-electron chi connectivity index (χ3n) is 16.1. The highest BCUT2D eigenvalue weighted by atomic mass is 16.8. The van der Waals surface area contributed by atoms with Gasteiger partial charge in [0, 0.05) is 0 Å². The zero-order chi connectivity index (χ0) is 39.7. The molecule has 6 aliphatic rings. The normalized spacial score (nSPS) is 51.5. The van der Waals surface area contributed by atoms with Gasteiger partial charge in [-0.05, 0) is 117 Å². The zero-order valence-corrected chi connectivity index (χ0v) is 33.5. The lowest BCUT2D eigenvalue weighted by Crippen LogP contribution is -2.67. The van der Waals surface area contributed by atoms with E-state index < -0.39 is 86.1 Å². The Hall–Kier alpha value is -1.00. The molecule has 0 bridgehead atoms. The van der Waals surface area contributed by atoms with E-state index in [4.69, 9.17) is 18.9 Å². The van der Waals surface area contributed by atoms with Crippen LogP contribution in [0.3, 0.4) is 0 Å². The van der Waals surface area contributed by atoms with Gasteiger partial charge in [0.1, 0.15) is 48.8 Å². The molecule has 19 atom stereocenters. The molecule has 0 aromatic carbocycles. The van der Waals surface area contributed by atoms with E-state index in [0.717, 1.165) is 51.4 Å². The zero-order valence-electron chi connectivity index (χ0n) is 33.5. The van der Waals surface area contributed by atoms with Crippen LogP contribution in [0.1, 0.15) is 106 Å². The third-order valence-corrected chi connectivity index (χ3v) is 16.1. The second kappa shape index (κ2) is 15.6. The van der Waals surface area contributed by atoms with Gasteiger partial charge in [0.05, 0.1) is 25.4 Å². The van der Waals surface area contributed by atoms with Gasteiger partial charge >= 0.3 is 0 Å². The summed E-state index contributed by atoms with van der Waals surface area (Å²) in [6.07, 6.45) is -5.12. The highest BCUT2D eigenvalue weighted by Crippen LogP contribution is 2.75. The fraction of sp³-hybridized carbons (Fsp3) is 0.905. The van der Waals surface area contributed by atoms with Crippen molar-refractivity contribution in [2.75, 3.05) is 13.2 Å². The Labute approximate surface area is 321 Å². The summed E-state index contributed by atoms with van der Waals surface area (Å²) in [5, 5.41) is 85.4. The highest BCUT2D eigenvalue weighted by molar-refractivity contribution is 5.22. The highest BCUT2D eigenvalue weighted by Gasteiger charge is 2.70. The Balaban J connectivity index is 1.22. The summed E-state index contributed by atoms with van der Waals surface area (Å²) in [5.74, 6) is 1.03. The Kier molecular flexibility index (Phi) is 12.3. The minimum Gasteiger partial charge on any atom is -0.394 e. The summed E-state index contributed by atoms with van der Waals surface area (Å²) >= 11 is 0. The van der Waals surface area contributed by atoms with Crippen LogP contribution >= 0.6 is 0 Å². The van der Waals surface area contributed by atoms with Crippen LogP contribution in [0.25, 0.3) is 0 Å². The Morgan fingerprint density at radius 3 is 1.96 bits per heavy atom. The Bertz CT molecular complexity index is 1370. The van der Waals surface area contributed by atoms with Crippen LogP contribution < -0.4 is 0 Å². The molecule has 8 N–H and O–H groups in total. The van der Waals surface area contributed by atoms with Gasteiger partial charge in [-0.2, -0.15) is 0 Å². The van der Waals surface area contributed by atoms with Gasteiger partial charge in [-0.25, -0.2) is 0 Å². The first-order chi connectivity index (χ1) is 25.3. The molecule has 6 rings (SSSR count). The molecule has 0 amide bonds. The van der Waals surface area contributed by atoms with Crippen molar-refractivity contribution in [1.82, 2.24) is 0 Å². The maximum atomic E-state index is 12.1. The van der Waals surface area contributed by atoms with E-state index in [1.807, 2.05) is 0 Å². The van der Waals surface area contributed by atoms with Gasteiger partial charge < -0.3 is 59.8 Å². The summed E-state index contributed by atoms with van der Waals surface area (Å²) in [6, 6.07) is 0. The minimum absolute atomic E-state index is 0.0217. The monoisotopic (exact) mass is 766 g/mol. The van der Waals surface area contributed by atoms with Crippen molar-refractivity contribution in [2.45, 2.75) is 180 Å². The smallest absolute Gasteiger partial charge is 0.187 e. The molecule has 12 nitrogen and oxygen atoms in total. The topological polar surface area (TPSA) is 199 Å². The number of hydrogen-bond acceptors (Lipinski definition) is 12. The lowest BCUT2D eigenvalue weighted by atomic mass is 9.35. The van der Waals surface area contributed by atoms with Crippen molar-refractivity contribution >= 4 is 0 Å². The Morgan fingerprint density at radius 1 is 0.722 bits per heavy atom. The number of ether oxygens (including phenoxy) is 4. The third kappa shape index (κ3) is 6.89.